The molecule has 3 aromatic carbocycles. The molecule has 2 fully saturated rings. The van der Waals surface area contributed by atoms with Crippen LogP contribution >= 0.6 is 8.02 Å². The van der Waals surface area contributed by atoms with Gasteiger partial charge in [-0.3, -0.25) is 19.9 Å². The van der Waals surface area contributed by atoms with Gasteiger partial charge >= 0.3 is 8.02 Å². The van der Waals surface area contributed by atoms with E-state index in [1.807, 2.05) is 107 Å². The Morgan fingerprint density at radius 1 is 0.938 bits per heavy atom. The number of benzene rings is 3. The van der Waals surface area contributed by atoms with Gasteiger partial charge in [-0.15, -0.1) is 10.2 Å². The third-order valence-corrected chi connectivity index (χ3v) is 13.8. The zero-order valence-corrected chi connectivity index (χ0v) is 38.7. The predicted molar refractivity (Wildman–Crippen MR) is 244 cm³/mol. The summed E-state index contributed by atoms with van der Waals surface area (Å²) in [6.07, 6.45) is -0.688. The zero-order valence-electron chi connectivity index (χ0n) is 37.8. The Hall–Kier alpha value is -5.21. The number of H-pyrrole nitrogens is 1. The summed E-state index contributed by atoms with van der Waals surface area (Å²) in [4.78, 5) is 34.0. The molecule has 340 valence electrons. The highest BCUT2D eigenvalue weighted by Gasteiger charge is 2.69. The smallest absolute Gasteiger partial charge is 0.432 e. The summed E-state index contributed by atoms with van der Waals surface area (Å²) < 4.78 is 48.3. The maximum atomic E-state index is 13.5. The molecule has 17 heteroatoms. The van der Waals surface area contributed by atoms with Gasteiger partial charge in [0.05, 0.1) is 45.3 Å². The first-order chi connectivity index (χ1) is 30.6. The van der Waals surface area contributed by atoms with E-state index in [0.29, 0.717) is 11.5 Å². The van der Waals surface area contributed by atoms with E-state index in [-0.39, 0.29) is 61.2 Å². The van der Waals surface area contributed by atoms with Crippen LogP contribution in [-0.2, 0) is 33.7 Å². The summed E-state index contributed by atoms with van der Waals surface area (Å²) in [6.45, 7) is 13.4. The summed E-state index contributed by atoms with van der Waals surface area (Å²) >= 11 is 0. The van der Waals surface area contributed by atoms with Gasteiger partial charge in [0, 0.05) is 23.7 Å². The molecule has 4 heterocycles. The summed E-state index contributed by atoms with van der Waals surface area (Å²) in [7, 11) is 0.00869. The SMILES string of the molecule is COc1ccc(C(OC[C@@]23CO[C@@H]([C@H](n4ccc5c(=O)[nH]c(NC(=O)C(C)(C)C)nc54)O2)[C@@H]3O[P+](NC(C)C)(NC(C)C)OCCC#N)(c2ccccc2)c2ccc(OC)cc2)cc1. The second kappa shape index (κ2) is 19.1. The largest absolute Gasteiger partial charge is 0.497 e. The Morgan fingerprint density at radius 2 is 1.53 bits per heavy atom. The summed E-state index contributed by atoms with van der Waals surface area (Å²) in [5, 5.41) is 19.7. The first-order valence-corrected chi connectivity index (χ1v) is 23.0. The van der Waals surface area contributed by atoms with Crippen LogP contribution in [0.4, 0.5) is 5.95 Å². The van der Waals surface area contributed by atoms with Gasteiger partial charge in [-0.2, -0.15) is 19.3 Å². The molecule has 0 saturated carbocycles. The molecular formula is C47H59N7O9P+. The van der Waals surface area contributed by atoms with Crippen molar-refractivity contribution in [1.29, 1.82) is 5.26 Å². The summed E-state index contributed by atoms with van der Waals surface area (Å²) in [6, 6.07) is 29.1. The molecule has 5 aromatic rings. The van der Waals surface area contributed by atoms with E-state index in [2.05, 4.69) is 26.5 Å². The average Bonchev–Trinajstić information content (AvgIpc) is 3.93. The van der Waals surface area contributed by atoms with Crippen LogP contribution in [0.2, 0.25) is 0 Å². The standard InChI is InChI=1S/C47H58N7O9P/c1-30(2)52-64(53-31(3)4,61-27-13-25-48)63-39-38-42(54-26-24-37-40(54)49-44(50-41(37)55)51-43(56)45(5,6)7)62-46(39,28-59-38)29-60-47(32-14-11-10-12-15-32,33-16-20-35(57-8)21-17-33)34-18-22-36(58-9)23-19-34/h10-12,14-24,26,30-31,38-39,42,52-53H,13,27-29H2,1-9H3,(H-,49,50,51,55,56)/p+1/t38-,39+,42-,46-/m1/s1. The number of rotatable bonds is 19. The number of aromatic nitrogens is 3. The number of nitriles is 1. The normalized spacial score (nSPS) is 19.9. The zero-order chi connectivity index (χ0) is 45.9. The lowest BCUT2D eigenvalue weighted by Gasteiger charge is -2.40. The van der Waals surface area contributed by atoms with Gasteiger partial charge in [0.1, 0.15) is 29.8 Å². The van der Waals surface area contributed by atoms with Crippen LogP contribution in [0, 0.1) is 16.7 Å². The van der Waals surface area contributed by atoms with Gasteiger partial charge in [0.2, 0.25) is 11.9 Å². The topological polar surface area (TPSA) is 192 Å². The Labute approximate surface area is 374 Å². The van der Waals surface area contributed by atoms with Crippen molar-refractivity contribution in [3.63, 3.8) is 0 Å². The monoisotopic (exact) mass is 896 g/mol. The number of methoxy groups -OCH3 is 2. The van der Waals surface area contributed by atoms with Crippen molar-refractivity contribution in [2.24, 2.45) is 5.41 Å². The molecule has 2 saturated heterocycles. The number of hydrogen-bond acceptors (Lipinski definition) is 13. The molecule has 2 aromatic heterocycles. The van der Waals surface area contributed by atoms with Crippen LogP contribution in [0.3, 0.4) is 0 Å². The molecule has 2 aliphatic rings. The Balaban J connectivity index is 1.39. The van der Waals surface area contributed by atoms with E-state index < -0.39 is 48.6 Å². The highest BCUT2D eigenvalue weighted by Crippen LogP contribution is 2.61. The third-order valence-electron chi connectivity index (χ3n) is 11.1. The van der Waals surface area contributed by atoms with E-state index >= 15 is 0 Å². The van der Waals surface area contributed by atoms with Crippen LogP contribution in [0.1, 0.15) is 77.8 Å². The lowest BCUT2D eigenvalue weighted by molar-refractivity contribution is -0.201. The van der Waals surface area contributed by atoms with Crippen LogP contribution in [0.15, 0.2) is 95.9 Å². The number of carbonyl (C=O) groups is 1. The number of ether oxygens (including phenoxy) is 5. The van der Waals surface area contributed by atoms with Crippen LogP contribution in [0.25, 0.3) is 11.0 Å². The second-order valence-corrected chi connectivity index (χ2v) is 19.7. The van der Waals surface area contributed by atoms with Gasteiger partial charge in [0.15, 0.2) is 23.6 Å². The fraction of sp³-hybridized carbons (Fsp3) is 0.447. The molecule has 64 heavy (non-hydrogen) atoms. The molecule has 0 spiro atoms. The Morgan fingerprint density at radius 3 is 2.08 bits per heavy atom. The van der Waals surface area contributed by atoms with E-state index in [0.717, 1.165) is 16.7 Å². The number of anilines is 1. The summed E-state index contributed by atoms with van der Waals surface area (Å²) in [5.74, 6) is 1.04. The molecule has 0 radical (unpaired) electrons. The van der Waals surface area contributed by atoms with Gasteiger partial charge in [-0.25, -0.2) is 0 Å². The van der Waals surface area contributed by atoms with Crippen molar-refractivity contribution in [1.82, 2.24) is 24.7 Å². The van der Waals surface area contributed by atoms with E-state index in [1.54, 1.807) is 51.8 Å². The lowest BCUT2D eigenvalue weighted by Crippen LogP contribution is -2.51. The Kier molecular flexibility index (Phi) is 14.0. The number of nitrogens with one attached hydrogen (secondary N) is 4. The third kappa shape index (κ3) is 9.45. The minimum Gasteiger partial charge on any atom is -0.497 e. The van der Waals surface area contributed by atoms with Crippen molar-refractivity contribution >= 4 is 30.9 Å². The van der Waals surface area contributed by atoms with Crippen molar-refractivity contribution in [3.05, 3.63) is 118 Å². The quantitative estimate of drug-likeness (QED) is 0.0365. The summed E-state index contributed by atoms with van der Waals surface area (Å²) in [5.41, 5.74) is -0.973. The minimum absolute atomic E-state index is 0.00275. The second-order valence-electron chi connectivity index (χ2n) is 17.6. The number of fused-ring (bicyclic) bond motifs is 3. The number of carbonyl (C=O) groups excluding carboxylic acids is 1. The van der Waals surface area contributed by atoms with E-state index in [4.69, 9.17) is 37.7 Å². The number of amides is 1. The average molecular weight is 897 g/mol. The minimum atomic E-state index is -3.24. The molecule has 7 rings (SSSR count). The van der Waals surface area contributed by atoms with Crippen LogP contribution in [0.5, 0.6) is 11.5 Å². The highest BCUT2D eigenvalue weighted by atomic mass is 31.2. The van der Waals surface area contributed by atoms with Crippen molar-refractivity contribution in [2.45, 2.75) is 96.6 Å². The van der Waals surface area contributed by atoms with E-state index in [1.165, 1.54) is 0 Å². The maximum absolute atomic E-state index is 13.5. The molecule has 4 N–H and O–H groups in total. The lowest BCUT2D eigenvalue weighted by atomic mass is 9.79. The Bertz CT molecular complexity index is 2430. The molecule has 0 unspecified atom stereocenters. The van der Waals surface area contributed by atoms with Gasteiger partial charge < -0.3 is 28.3 Å². The van der Waals surface area contributed by atoms with Crippen molar-refractivity contribution in [3.8, 4) is 17.6 Å². The fourth-order valence-corrected chi connectivity index (χ4v) is 10.8. The molecule has 2 bridgehead atoms. The molecule has 1 amide bonds. The number of aromatic amines is 1. The van der Waals surface area contributed by atoms with E-state index in [9.17, 15) is 14.9 Å². The maximum Gasteiger partial charge on any atom is 0.432 e. The van der Waals surface area contributed by atoms with Gasteiger partial charge in [-0.1, -0.05) is 75.4 Å². The molecule has 2 aliphatic heterocycles. The first-order valence-electron chi connectivity index (χ1n) is 21.4. The molecular weight excluding hydrogens is 838 g/mol. The molecule has 16 nitrogen and oxygen atoms in total. The first kappa shape index (κ1) is 46.8. The van der Waals surface area contributed by atoms with Crippen molar-refractivity contribution in [2.75, 3.05) is 39.4 Å². The molecule has 0 aliphatic carbocycles. The highest BCUT2D eigenvalue weighted by molar-refractivity contribution is 7.62. The van der Waals surface area contributed by atoms with Crippen LogP contribution < -0.4 is 30.5 Å². The predicted octanol–water partition coefficient (Wildman–Crippen LogP) is 7.39. The van der Waals surface area contributed by atoms with Gasteiger partial charge in [0.25, 0.3) is 5.56 Å². The molecule has 4 atom stereocenters. The fourth-order valence-electron chi connectivity index (χ4n) is 8.05. The van der Waals surface area contributed by atoms with Gasteiger partial charge in [-0.05, 0) is 74.7 Å². The van der Waals surface area contributed by atoms with Crippen molar-refractivity contribution < 1.29 is 37.5 Å². The number of hydrogen-bond donors (Lipinski definition) is 4. The number of nitrogens with zero attached hydrogens (tertiary/aromatic N) is 3. The van der Waals surface area contributed by atoms with Crippen LogP contribution in [-0.4, -0.2) is 84.4 Å².